The molecule has 1 aromatic heterocycles. The summed E-state index contributed by atoms with van der Waals surface area (Å²) < 4.78 is 5.13. The molecule has 2 saturated heterocycles. The Hall–Kier alpha value is -2.25. The molecule has 28 heavy (non-hydrogen) atoms. The number of hydrogen-bond acceptors (Lipinski definition) is 3. The Labute approximate surface area is 168 Å². The van der Waals surface area contributed by atoms with Gasteiger partial charge in [0.05, 0.1) is 31.7 Å². The molecule has 2 aromatic rings. The predicted octanol–water partition coefficient (Wildman–Crippen LogP) is 2.60. The number of ether oxygens (including phenoxy) is 1. The van der Waals surface area contributed by atoms with Crippen molar-refractivity contribution in [2.45, 2.75) is 25.4 Å². The molecule has 7 nitrogen and oxygen atoms in total. The predicted molar refractivity (Wildman–Crippen MR) is 107 cm³/mol. The van der Waals surface area contributed by atoms with E-state index in [1.165, 1.54) is 0 Å². The third-order valence-corrected chi connectivity index (χ3v) is 5.87. The van der Waals surface area contributed by atoms with Crippen LogP contribution in [0.5, 0.6) is 0 Å². The third-order valence-electron chi connectivity index (χ3n) is 5.63. The lowest BCUT2D eigenvalue weighted by Crippen LogP contribution is -2.55. The number of H-pyrrole nitrogens is 1. The van der Waals surface area contributed by atoms with E-state index in [0.717, 1.165) is 36.0 Å². The smallest absolute Gasteiger partial charge is 0.317 e. The lowest BCUT2D eigenvalue weighted by atomic mass is 10.0. The summed E-state index contributed by atoms with van der Waals surface area (Å²) in [6.07, 6.45) is 1.81. The van der Waals surface area contributed by atoms with Crippen LogP contribution in [0.1, 0.15) is 18.5 Å². The topological polar surface area (TPSA) is 77.7 Å². The van der Waals surface area contributed by atoms with Crippen molar-refractivity contribution in [2.75, 3.05) is 33.4 Å². The second-order valence-corrected chi connectivity index (χ2v) is 8.05. The molecule has 0 bridgehead atoms. The number of amides is 3. The number of rotatable bonds is 4. The average molecular weight is 405 g/mol. The summed E-state index contributed by atoms with van der Waals surface area (Å²) in [5, 5.41) is 4.67. The molecule has 0 aliphatic carbocycles. The van der Waals surface area contributed by atoms with Crippen molar-refractivity contribution in [3.05, 3.63) is 35.0 Å². The summed E-state index contributed by atoms with van der Waals surface area (Å²) in [5.41, 5.74) is 1.91. The molecule has 3 amide bonds. The van der Waals surface area contributed by atoms with Gasteiger partial charge in [0.15, 0.2) is 0 Å². The van der Waals surface area contributed by atoms with Crippen molar-refractivity contribution in [1.29, 1.82) is 0 Å². The van der Waals surface area contributed by atoms with Crippen LogP contribution in [0, 0.1) is 5.92 Å². The first kappa shape index (κ1) is 19.1. The van der Waals surface area contributed by atoms with E-state index in [1.807, 2.05) is 29.2 Å². The maximum absolute atomic E-state index is 12.6. The Kier molecular flexibility index (Phi) is 5.46. The summed E-state index contributed by atoms with van der Waals surface area (Å²) in [4.78, 5) is 32.0. The molecule has 0 radical (unpaired) electrons. The molecule has 150 valence electrons. The highest BCUT2D eigenvalue weighted by molar-refractivity contribution is 6.31. The Morgan fingerprint density at radius 1 is 1.36 bits per heavy atom. The first-order valence-corrected chi connectivity index (χ1v) is 10.0. The van der Waals surface area contributed by atoms with E-state index in [-0.39, 0.29) is 23.9 Å². The molecular formula is C20H25ClN4O3. The van der Waals surface area contributed by atoms with Crippen LogP contribution in [0.2, 0.25) is 5.02 Å². The highest BCUT2D eigenvalue weighted by Crippen LogP contribution is 2.21. The molecule has 1 unspecified atom stereocenters. The Morgan fingerprint density at radius 3 is 2.93 bits per heavy atom. The van der Waals surface area contributed by atoms with Crippen LogP contribution in [-0.2, 0) is 16.1 Å². The van der Waals surface area contributed by atoms with Gasteiger partial charge in [-0.2, -0.15) is 0 Å². The molecule has 8 heteroatoms. The van der Waals surface area contributed by atoms with E-state index < -0.39 is 0 Å². The number of halogens is 1. The molecule has 2 aliphatic heterocycles. The third kappa shape index (κ3) is 3.95. The Balaban J connectivity index is 1.32. The van der Waals surface area contributed by atoms with Gasteiger partial charge in [-0.1, -0.05) is 11.6 Å². The van der Waals surface area contributed by atoms with Crippen molar-refractivity contribution in [3.8, 4) is 0 Å². The van der Waals surface area contributed by atoms with Crippen molar-refractivity contribution in [2.24, 2.45) is 5.92 Å². The molecule has 2 N–H and O–H groups in total. The summed E-state index contributed by atoms with van der Waals surface area (Å²) in [6, 6.07) is 7.54. The van der Waals surface area contributed by atoms with Crippen LogP contribution in [-0.4, -0.2) is 66.1 Å². The highest BCUT2D eigenvalue weighted by atomic mass is 35.5. The molecular weight excluding hydrogens is 380 g/mol. The van der Waals surface area contributed by atoms with E-state index in [2.05, 4.69) is 10.3 Å². The van der Waals surface area contributed by atoms with Gasteiger partial charge >= 0.3 is 6.03 Å². The first-order valence-electron chi connectivity index (χ1n) is 9.65. The lowest BCUT2D eigenvalue weighted by molar-refractivity contribution is -0.151. The molecule has 1 atom stereocenters. The van der Waals surface area contributed by atoms with E-state index in [1.54, 1.807) is 11.9 Å². The number of hydrogen-bond donors (Lipinski definition) is 2. The van der Waals surface area contributed by atoms with Crippen molar-refractivity contribution in [1.82, 2.24) is 20.1 Å². The standard InChI is InChI=1S/C20H25ClN4O3/c1-24(17-3-2-6-25(10-17)19(26)14-11-28-12-14)20(27)22-9-16-8-13-7-15(21)4-5-18(13)23-16/h4-5,7-8,14,17,23H,2-3,6,9-12H2,1H3,(H,22,27). The fourth-order valence-electron chi connectivity index (χ4n) is 3.83. The second kappa shape index (κ2) is 8.01. The minimum atomic E-state index is -0.136. The highest BCUT2D eigenvalue weighted by Gasteiger charge is 2.34. The number of likely N-dealkylation sites (N-methyl/N-ethyl adjacent to an activating group) is 1. The van der Waals surface area contributed by atoms with E-state index in [0.29, 0.717) is 31.3 Å². The number of urea groups is 1. The monoisotopic (exact) mass is 404 g/mol. The maximum atomic E-state index is 12.6. The number of benzene rings is 1. The normalized spacial score (nSPS) is 20.1. The number of likely N-dealkylation sites (tertiary alicyclic amines) is 1. The summed E-state index contributed by atoms with van der Waals surface area (Å²) in [6.45, 7) is 2.80. The summed E-state index contributed by atoms with van der Waals surface area (Å²) in [7, 11) is 1.80. The number of carbonyl (C=O) groups excluding carboxylic acids is 2. The zero-order chi connectivity index (χ0) is 19.7. The Morgan fingerprint density at radius 2 is 2.18 bits per heavy atom. The van der Waals surface area contributed by atoms with E-state index in [4.69, 9.17) is 16.3 Å². The molecule has 3 heterocycles. The second-order valence-electron chi connectivity index (χ2n) is 7.61. The van der Waals surface area contributed by atoms with Crippen molar-refractivity contribution < 1.29 is 14.3 Å². The quantitative estimate of drug-likeness (QED) is 0.822. The average Bonchev–Trinajstić information content (AvgIpc) is 3.06. The van der Waals surface area contributed by atoms with E-state index >= 15 is 0 Å². The fourth-order valence-corrected chi connectivity index (χ4v) is 4.01. The van der Waals surface area contributed by atoms with Gasteiger partial charge in [0.2, 0.25) is 5.91 Å². The molecule has 2 aliphatic rings. The first-order chi connectivity index (χ1) is 13.5. The van der Waals surface area contributed by atoms with Crippen LogP contribution in [0.25, 0.3) is 10.9 Å². The lowest BCUT2D eigenvalue weighted by Gasteiger charge is -2.40. The molecule has 2 fully saturated rings. The van der Waals surface area contributed by atoms with Gasteiger partial charge in [-0.3, -0.25) is 4.79 Å². The number of nitrogens with zero attached hydrogens (tertiary/aromatic N) is 2. The number of aromatic nitrogens is 1. The van der Waals surface area contributed by atoms with Crippen LogP contribution in [0.15, 0.2) is 24.3 Å². The Bertz CT molecular complexity index is 879. The molecule has 0 saturated carbocycles. The molecule has 1 aromatic carbocycles. The minimum Gasteiger partial charge on any atom is -0.380 e. The van der Waals surface area contributed by atoms with E-state index in [9.17, 15) is 9.59 Å². The van der Waals surface area contributed by atoms with Gasteiger partial charge in [0.1, 0.15) is 0 Å². The number of carbonyl (C=O) groups is 2. The number of nitrogens with one attached hydrogen (secondary N) is 2. The van der Waals surface area contributed by atoms with Crippen molar-refractivity contribution >= 4 is 34.4 Å². The maximum Gasteiger partial charge on any atom is 0.317 e. The van der Waals surface area contributed by atoms with Gasteiger partial charge in [-0.25, -0.2) is 4.79 Å². The minimum absolute atomic E-state index is 0.00611. The summed E-state index contributed by atoms with van der Waals surface area (Å²) in [5.74, 6) is 0.148. The van der Waals surface area contributed by atoms with Crippen LogP contribution in [0.4, 0.5) is 4.79 Å². The van der Waals surface area contributed by atoms with Gasteiger partial charge in [0.25, 0.3) is 0 Å². The number of aromatic amines is 1. The molecule has 4 rings (SSSR count). The van der Waals surface area contributed by atoms with Crippen molar-refractivity contribution in [3.63, 3.8) is 0 Å². The zero-order valence-corrected chi connectivity index (χ0v) is 16.7. The largest absolute Gasteiger partial charge is 0.380 e. The summed E-state index contributed by atoms with van der Waals surface area (Å²) >= 11 is 6.02. The van der Waals surface area contributed by atoms with Gasteiger partial charge in [0, 0.05) is 41.8 Å². The fraction of sp³-hybridized carbons (Fsp3) is 0.500. The van der Waals surface area contributed by atoms with Crippen LogP contribution >= 0.6 is 11.6 Å². The van der Waals surface area contributed by atoms with Crippen LogP contribution < -0.4 is 5.32 Å². The number of piperidine rings is 1. The van der Waals surface area contributed by atoms with Gasteiger partial charge in [-0.05, 0) is 37.1 Å². The number of fused-ring (bicyclic) bond motifs is 1. The van der Waals surface area contributed by atoms with Crippen LogP contribution in [0.3, 0.4) is 0 Å². The molecule has 0 spiro atoms. The zero-order valence-electron chi connectivity index (χ0n) is 15.9. The van der Waals surface area contributed by atoms with Gasteiger partial charge in [-0.15, -0.1) is 0 Å². The SMILES string of the molecule is CN(C(=O)NCc1cc2cc(Cl)ccc2[nH]1)C1CCCN(C(=O)C2COC2)C1. The van der Waals surface area contributed by atoms with Gasteiger partial charge < -0.3 is 24.8 Å².